The van der Waals surface area contributed by atoms with Crippen LogP contribution in [0, 0.1) is 5.82 Å². The molecule has 0 spiro atoms. The van der Waals surface area contributed by atoms with Gasteiger partial charge in [0, 0.05) is 30.8 Å². The Bertz CT molecular complexity index is 1010. The molecule has 4 rings (SSSR count). The first-order chi connectivity index (χ1) is 12.6. The Hall–Kier alpha value is -2.95. The van der Waals surface area contributed by atoms with Crippen molar-refractivity contribution in [1.29, 1.82) is 0 Å². The van der Waals surface area contributed by atoms with Crippen molar-refractivity contribution in [3.8, 4) is 0 Å². The number of rotatable bonds is 2. The molecule has 26 heavy (non-hydrogen) atoms. The topological polar surface area (TPSA) is 42.3 Å². The highest BCUT2D eigenvalue weighted by Crippen LogP contribution is 2.26. The average Bonchev–Trinajstić information content (AvgIpc) is 2.68. The molecule has 3 aromatic rings. The Kier molecular flexibility index (Phi) is 4.29. The third-order valence-corrected chi connectivity index (χ3v) is 5.03. The average molecular weight is 350 g/mol. The zero-order valence-electron chi connectivity index (χ0n) is 14.3. The maximum absolute atomic E-state index is 13.7. The van der Waals surface area contributed by atoms with Gasteiger partial charge in [-0.05, 0) is 54.6 Å². The Morgan fingerprint density at radius 2 is 1.65 bits per heavy atom. The molecule has 0 aliphatic carbocycles. The van der Waals surface area contributed by atoms with Crippen molar-refractivity contribution >= 4 is 16.8 Å². The quantitative estimate of drug-likeness (QED) is 0.708. The molecule has 2 heterocycles. The van der Waals surface area contributed by atoms with Crippen molar-refractivity contribution in [2.45, 2.75) is 18.9 Å². The van der Waals surface area contributed by atoms with Crippen LogP contribution in [0.4, 0.5) is 4.39 Å². The van der Waals surface area contributed by atoms with E-state index in [0.717, 1.165) is 5.39 Å². The van der Waals surface area contributed by atoms with Crippen LogP contribution in [0.2, 0.25) is 0 Å². The number of amides is 1. The second-order valence-electron chi connectivity index (χ2n) is 6.63. The molecule has 132 valence electrons. The predicted octanol–water partition coefficient (Wildman–Crippen LogP) is 3.62. The van der Waals surface area contributed by atoms with E-state index in [0.29, 0.717) is 37.0 Å². The van der Waals surface area contributed by atoms with Crippen LogP contribution in [0.3, 0.4) is 0 Å². The summed E-state index contributed by atoms with van der Waals surface area (Å²) >= 11 is 0. The summed E-state index contributed by atoms with van der Waals surface area (Å²) in [6.07, 6.45) is 1.35. The second-order valence-corrected chi connectivity index (χ2v) is 6.63. The van der Waals surface area contributed by atoms with E-state index in [1.807, 2.05) is 35.2 Å². The molecule has 1 saturated heterocycles. The van der Waals surface area contributed by atoms with Gasteiger partial charge in [0.25, 0.3) is 11.5 Å². The minimum atomic E-state index is -0.353. The molecule has 5 heteroatoms. The number of hydrogen-bond donors (Lipinski definition) is 0. The summed E-state index contributed by atoms with van der Waals surface area (Å²) < 4.78 is 15.4. The lowest BCUT2D eigenvalue weighted by atomic mass is 10.0. The number of benzene rings is 2. The standard InChI is InChI=1S/C21H19FN2O2/c22-17-8-6-15-7-9-20(25)24(19(15)14-17)18-10-12-23(13-11-18)21(26)16-4-2-1-3-5-16/h1-9,14,18H,10-13H2. The first kappa shape index (κ1) is 16.5. The third kappa shape index (κ3) is 3.01. The van der Waals surface area contributed by atoms with Crippen LogP contribution < -0.4 is 5.56 Å². The first-order valence-electron chi connectivity index (χ1n) is 8.78. The van der Waals surface area contributed by atoms with Gasteiger partial charge in [-0.3, -0.25) is 9.59 Å². The zero-order valence-corrected chi connectivity index (χ0v) is 14.3. The fourth-order valence-electron chi connectivity index (χ4n) is 3.69. The molecule has 0 atom stereocenters. The number of pyridine rings is 1. The van der Waals surface area contributed by atoms with Crippen LogP contribution in [0.1, 0.15) is 29.2 Å². The third-order valence-electron chi connectivity index (χ3n) is 5.03. The summed E-state index contributed by atoms with van der Waals surface area (Å²) in [6, 6.07) is 16.9. The van der Waals surface area contributed by atoms with Gasteiger partial charge in [0.05, 0.1) is 5.52 Å². The number of carbonyl (C=O) groups excluding carboxylic acids is 1. The number of carbonyl (C=O) groups is 1. The number of fused-ring (bicyclic) bond motifs is 1. The molecular weight excluding hydrogens is 331 g/mol. The summed E-state index contributed by atoms with van der Waals surface area (Å²) in [4.78, 5) is 26.8. The number of likely N-dealkylation sites (tertiary alicyclic amines) is 1. The Labute approximate surface area is 150 Å². The predicted molar refractivity (Wildman–Crippen MR) is 98.8 cm³/mol. The highest BCUT2D eigenvalue weighted by molar-refractivity contribution is 5.94. The minimum absolute atomic E-state index is 0.0142. The molecule has 2 aromatic carbocycles. The fraction of sp³-hybridized carbons (Fsp3) is 0.238. The molecular formula is C21H19FN2O2. The van der Waals surface area contributed by atoms with Gasteiger partial charge in [-0.1, -0.05) is 18.2 Å². The number of nitrogens with zero attached hydrogens (tertiary/aromatic N) is 2. The molecule has 1 aliphatic rings. The van der Waals surface area contributed by atoms with Gasteiger partial charge in [-0.2, -0.15) is 0 Å². The van der Waals surface area contributed by atoms with Gasteiger partial charge < -0.3 is 9.47 Å². The van der Waals surface area contributed by atoms with Crippen LogP contribution >= 0.6 is 0 Å². The van der Waals surface area contributed by atoms with E-state index < -0.39 is 0 Å². The molecule has 1 amide bonds. The van der Waals surface area contributed by atoms with Crippen molar-refractivity contribution in [2.24, 2.45) is 0 Å². The summed E-state index contributed by atoms with van der Waals surface area (Å²) in [7, 11) is 0. The van der Waals surface area contributed by atoms with Crippen molar-refractivity contribution in [1.82, 2.24) is 9.47 Å². The Balaban J connectivity index is 1.58. The van der Waals surface area contributed by atoms with Crippen molar-refractivity contribution < 1.29 is 9.18 Å². The van der Waals surface area contributed by atoms with Gasteiger partial charge >= 0.3 is 0 Å². The van der Waals surface area contributed by atoms with E-state index in [2.05, 4.69) is 0 Å². The molecule has 1 aromatic heterocycles. The fourth-order valence-corrected chi connectivity index (χ4v) is 3.69. The molecule has 1 fully saturated rings. The van der Waals surface area contributed by atoms with Gasteiger partial charge in [0.2, 0.25) is 0 Å². The van der Waals surface area contributed by atoms with Gasteiger partial charge in [0.1, 0.15) is 5.82 Å². The monoisotopic (exact) mass is 350 g/mol. The molecule has 0 radical (unpaired) electrons. The maximum Gasteiger partial charge on any atom is 0.253 e. The van der Waals surface area contributed by atoms with Crippen LogP contribution in [-0.4, -0.2) is 28.5 Å². The molecule has 0 unspecified atom stereocenters. The summed E-state index contributed by atoms with van der Waals surface area (Å²) in [5, 5.41) is 0.841. The van der Waals surface area contributed by atoms with E-state index in [1.165, 1.54) is 18.2 Å². The van der Waals surface area contributed by atoms with Gasteiger partial charge in [-0.15, -0.1) is 0 Å². The SMILES string of the molecule is O=C(c1ccccc1)N1CCC(n2c(=O)ccc3ccc(F)cc32)CC1. The lowest BCUT2D eigenvalue weighted by molar-refractivity contribution is 0.0695. The minimum Gasteiger partial charge on any atom is -0.338 e. The molecule has 0 saturated carbocycles. The van der Waals surface area contributed by atoms with E-state index in [4.69, 9.17) is 0 Å². The smallest absolute Gasteiger partial charge is 0.253 e. The van der Waals surface area contributed by atoms with Crippen LogP contribution in [-0.2, 0) is 0 Å². The van der Waals surface area contributed by atoms with E-state index in [-0.39, 0.29) is 23.3 Å². The number of aromatic nitrogens is 1. The van der Waals surface area contributed by atoms with E-state index in [9.17, 15) is 14.0 Å². The van der Waals surface area contributed by atoms with Crippen molar-refractivity contribution in [2.75, 3.05) is 13.1 Å². The van der Waals surface area contributed by atoms with Crippen molar-refractivity contribution in [3.63, 3.8) is 0 Å². The number of piperidine rings is 1. The van der Waals surface area contributed by atoms with Crippen LogP contribution in [0.25, 0.3) is 10.9 Å². The molecule has 0 N–H and O–H groups in total. The Morgan fingerprint density at radius 3 is 2.38 bits per heavy atom. The second kappa shape index (κ2) is 6.75. The zero-order chi connectivity index (χ0) is 18.1. The summed E-state index contributed by atoms with van der Waals surface area (Å²) in [5.74, 6) is -0.339. The maximum atomic E-state index is 13.7. The molecule has 1 aliphatic heterocycles. The van der Waals surface area contributed by atoms with Crippen LogP contribution in [0.5, 0.6) is 0 Å². The van der Waals surface area contributed by atoms with E-state index in [1.54, 1.807) is 16.7 Å². The number of hydrogen-bond acceptors (Lipinski definition) is 2. The Morgan fingerprint density at radius 1 is 0.962 bits per heavy atom. The lowest BCUT2D eigenvalue weighted by Crippen LogP contribution is -2.40. The largest absolute Gasteiger partial charge is 0.338 e. The molecule has 0 bridgehead atoms. The van der Waals surface area contributed by atoms with Gasteiger partial charge in [-0.25, -0.2) is 4.39 Å². The number of halogens is 1. The summed E-state index contributed by atoms with van der Waals surface area (Å²) in [5.41, 5.74) is 1.16. The highest BCUT2D eigenvalue weighted by atomic mass is 19.1. The molecule has 4 nitrogen and oxygen atoms in total. The first-order valence-corrected chi connectivity index (χ1v) is 8.78. The van der Waals surface area contributed by atoms with Crippen molar-refractivity contribution in [3.05, 3.63) is 82.4 Å². The van der Waals surface area contributed by atoms with E-state index >= 15 is 0 Å². The normalized spacial score (nSPS) is 15.3. The van der Waals surface area contributed by atoms with Gasteiger partial charge in [0.15, 0.2) is 0 Å². The lowest BCUT2D eigenvalue weighted by Gasteiger charge is -2.33. The highest BCUT2D eigenvalue weighted by Gasteiger charge is 2.25. The van der Waals surface area contributed by atoms with Crippen LogP contribution in [0.15, 0.2) is 65.5 Å². The summed E-state index contributed by atoms with van der Waals surface area (Å²) in [6.45, 7) is 1.16.